The standard InChI is InChI=1S/C23H24FN7O3/c1-13-8-9-16(27-26-13)21-25-18(29-34-21)12-31-17-7-5-6-15(24)19(17)20(28-31)14-10-30(11-14)22(32)33-23(2,3)4/h5-9,14H,10-12H2,1-4H3. The molecule has 4 aromatic rings. The second-order valence-corrected chi connectivity index (χ2v) is 9.33. The average Bonchev–Trinajstić information content (AvgIpc) is 3.33. The maximum Gasteiger partial charge on any atom is 0.410 e. The molecule has 0 unspecified atom stereocenters. The molecule has 0 N–H and O–H groups in total. The molecule has 1 fully saturated rings. The van der Waals surface area contributed by atoms with Crippen LogP contribution in [0.2, 0.25) is 0 Å². The lowest BCUT2D eigenvalue weighted by molar-refractivity contribution is 0.00792. The minimum Gasteiger partial charge on any atom is -0.444 e. The van der Waals surface area contributed by atoms with Gasteiger partial charge in [-0.1, -0.05) is 11.2 Å². The third kappa shape index (κ3) is 4.20. The Hall–Kier alpha value is -3.89. The topological polar surface area (TPSA) is 112 Å². The van der Waals surface area contributed by atoms with E-state index in [0.717, 1.165) is 5.69 Å². The number of benzene rings is 1. The van der Waals surface area contributed by atoms with Crippen LogP contribution in [0.3, 0.4) is 0 Å². The fourth-order valence-electron chi connectivity index (χ4n) is 3.82. The number of carbonyl (C=O) groups excluding carboxylic acids is 1. The summed E-state index contributed by atoms with van der Waals surface area (Å²) in [5, 5.41) is 17.2. The van der Waals surface area contributed by atoms with E-state index in [0.29, 0.717) is 41.2 Å². The maximum absolute atomic E-state index is 14.8. The number of amides is 1. The van der Waals surface area contributed by atoms with Crippen LogP contribution in [0, 0.1) is 12.7 Å². The van der Waals surface area contributed by atoms with Crippen molar-refractivity contribution in [2.75, 3.05) is 13.1 Å². The largest absolute Gasteiger partial charge is 0.444 e. The number of hydrogen-bond acceptors (Lipinski definition) is 8. The van der Waals surface area contributed by atoms with Crippen molar-refractivity contribution in [2.24, 2.45) is 0 Å². The van der Waals surface area contributed by atoms with Crippen LogP contribution in [-0.2, 0) is 11.3 Å². The molecule has 4 heterocycles. The summed E-state index contributed by atoms with van der Waals surface area (Å²) in [6.07, 6.45) is -0.383. The van der Waals surface area contributed by atoms with Crippen LogP contribution in [0.25, 0.3) is 22.5 Å². The molecule has 1 aliphatic rings. The molecule has 0 atom stereocenters. The summed E-state index contributed by atoms with van der Waals surface area (Å²) in [6, 6.07) is 8.40. The number of carbonyl (C=O) groups is 1. The van der Waals surface area contributed by atoms with E-state index in [-0.39, 0.29) is 30.3 Å². The number of aryl methyl sites for hydroxylation is 1. The molecule has 10 nitrogen and oxygen atoms in total. The van der Waals surface area contributed by atoms with Gasteiger partial charge in [0.2, 0.25) is 0 Å². The first-order valence-corrected chi connectivity index (χ1v) is 10.9. The van der Waals surface area contributed by atoms with Crippen molar-refractivity contribution in [1.82, 2.24) is 35.0 Å². The van der Waals surface area contributed by atoms with Crippen molar-refractivity contribution in [3.05, 3.63) is 53.4 Å². The quantitative estimate of drug-likeness (QED) is 0.448. The Kier molecular flexibility index (Phi) is 5.26. The second-order valence-electron chi connectivity index (χ2n) is 9.33. The van der Waals surface area contributed by atoms with E-state index in [1.807, 2.05) is 27.7 Å². The number of nitrogens with zero attached hydrogens (tertiary/aromatic N) is 7. The van der Waals surface area contributed by atoms with E-state index in [1.54, 1.807) is 33.8 Å². The predicted molar refractivity (Wildman–Crippen MR) is 119 cm³/mol. The average molecular weight is 465 g/mol. The highest BCUT2D eigenvalue weighted by Crippen LogP contribution is 2.34. The first-order valence-electron chi connectivity index (χ1n) is 10.9. The zero-order valence-corrected chi connectivity index (χ0v) is 19.3. The van der Waals surface area contributed by atoms with E-state index in [2.05, 4.69) is 25.4 Å². The summed E-state index contributed by atoms with van der Waals surface area (Å²) in [4.78, 5) is 18.3. The van der Waals surface area contributed by atoms with Gasteiger partial charge in [-0.15, -0.1) is 5.10 Å². The molecule has 3 aromatic heterocycles. The molecule has 34 heavy (non-hydrogen) atoms. The highest BCUT2D eigenvalue weighted by Gasteiger charge is 2.37. The molecule has 1 amide bonds. The third-order valence-electron chi connectivity index (χ3n) is 5.45. The van der Waals surface area contributed by atoms with Gasteiger partial charge in [0.15, 0.2) is 11.5 Å². The Bertz CT molecular complexity index is 1350. The van der Waals surface area contributed by atoms with E-state index < -0.39 is 5.60 Å². The molecule has 0 bridgehead atoms. The van der Waals surface area contributed by atoms with E-state index in [4.69, 9.17) is 9.26 Å². The summed E-state index contributed by atoms with van der Waals surface area (Å²) in [5.41, 5.74) is 1.89. The second kappa shape index (κ2) is 8.15. The number of rotatable bonds is 4. The molecular formula is C23H24FN7O3. The minimum absolute atomic E-state index is 0.100. The van der Waals surface area contributed by atoms with Gasteiger partial charge in [-0.05, 0) is 52.0 Å². The zero-order valence-electron chi connectivity index (χ0n) is 19.3. The van der Waals surface area contributed by atoms with Crippen LogP contribution in [0.15, 0.2) is 34.9 Å². The number of fused-ring (bicyclic) bond motifs is 1. The van der Waals surface area contributed by atoms with Crippen molar-refractivity contribution < 1.29 is 18.4 Å². The van der Waals surface area contributed by atoms with Crippen LogP contribution in [-0.4, -0.2) is 59.8 Å². The SMILES string of the molecule is Cc1ccc(-c2nc(Cn3nc(C4CN(C(=O)OC(C)(C)C)C4)c4c(F)cccc43)no2)nn1. The molecule has 11 heteroatoms. The molecule has 0 radical (unpaired) electrons. The lowest BCUT2D eigenvalue weighted by atomic mass is 9.94. The van der Waals surface area contributed by atoms with Crippen molar-refractivity contribution in [1.29, 1.82) is 0 Å². The maximum atomic E-state index is 14.8. The van der Waals surface area contributed by atoms with Crippen molar-refractivity contribution in [3.8, 4) is 11.6 Å². The normalized spacial score (nSPS) is 14.4. The Morgan fingerprint density at radius 2 is 2.00 bits per heavy atom. The predicted octanol–water partition coefficient (Wildman–Crippen LogP) is 3.71. The van der Waals surface area contributed by atoms with Gasteiger partial charge in [-0.2, -0.15) is 15.2 Å². The Balaban J connectivity index is 1.38. The number of aromatic nitrogens is 6. The summed E-state index contributed by atoms with van der Waals surface area (Å²) >= 11 is 0. The number of halogens is 1. The van der Waals surface area contributed by atoms with Crippen LogP contribution in [0.4, 0.5) is 9.18 Å². The molecule has 0 aliphatic carbocycles. The van der Waals surface area contributed by atoms with Gasteiger partial charge in [0.1, 0.15) is 18.0 Å². The van der Waals surface area contributed by atoms with Gasteiger partial charge in [-0.25, -0.2) is 9.18 Å². The Morgan fingerprint density at radius 3 is 2.71 bits per heavy atom. The molecule has 1 saturated heterocycles. The van der Waals surface area contributed by atoms with Crippen molar-refractivity contribution >= 4 is 17.0 Å². The first-order chi connectivity index (χ1) is 16.2. The van der Waals surface area contributed by atoms with Crippen LogP contribution >= 0.6 is 0 Å². The number of ether oxygens (including phenoxy) is 1. The van der Waals surface area contributed by atoms with Crippen molar-refractivity contribution in [2.45, 2.75) is 45.8 Å². The Morgan fingerprint density at radius 1 is 1.21 bits per heavy atom. The molecule has 1 aromatic carbocycles. The van der Waals surface area contributed by atoms with E-state index in [1.165, 1.54) is 6.07 Å². The fraction of sp³-hybridized carbons (Fsp3) is 0.391. The summed E-state index contributed by atoms with van der Waals surface area (Å²) in [7, 11) is 0. The Labute approximate surface area is 194 Å². The monoisotopic (exact) mass is 465 g/mol. The summed E-state index contributed by atoms with van der Waals surface area (Å²) < 4.78 is 27.2. The highest BCUT2D eigenvalue weighted by atomic mass is 19.1. The number of hydrogen-bond donors (Lipinski definition) is 0. The molecule has 0 saturated carbocycles. The lowest BCUT2D eigenvalue weighted by Gasteiger charge is -2.39. The van der Waals surface area contributed by atoms with Gasteiger partial charge in [0.25, 0.3) is 5.89 Å². The number of likely N-dealkylation sites (tertiary alicyclic amines) is 1. The molecule has 176 valence electrons. The molecule has 5 rings (SSSR count). The van der Waals surface area contributed by atoms with Crippen LogP contribution in [0.1, 0.15) is 43.9 Å². The summed E-state index contributed by atoms with van der Waals surface area (Å²) in [6.45, 7) is 8.31. The van der Waals surface area contributed by atoms with E-state index in [9.17, 15) is 9.18 Å². The summed E-state index contributed by atoms with van der Waals surface area (Å²) in [5.74, 6) is 0.161. The highest BCUT2D eigenvalue weighted by molar-refractivity contribution is 5.84. The molecular weight excluding hydrogens is 441 g/mol. The van der Waals surface area contributed by atoms with Gasteiger partial charge in [0, 0.05) is 19.0 Å². The van der Waals surface area contributed by atoms with Gasteiger partial charge in [-0.3, -0.25) is 4.68 Å². The van der Waals surface area contributed by atoms with Gasteiger partial charge < -0.3 is 14.2 Å². The smallest absolute Gasteiger partial charge is 0.410 e. The fourth-order valence-corrected chi connectivity index (χ4v) is 3.82. The zero-order chi connectivity index (χ0) is 24.0. The third-order valence-corrected chi connectivity index (χ3v) is 5.45. The molecule has 1 aliphatic heterocycles. The first kappa shape index (κ1) is 21.9. The molecule has 0 spiro atoms. The van der Waals surface area contributed by atoms with Crippen molar-refractivity contribution in [3.63, 3.8) is 0 Å². The lowest BCUT2D eigenvalue weighted by Crippen LogP contribution is -2.50. The van der Waals surface area contributed by atoms with E-state index >= 15 is 0 Å². The van der Waals surface area contributed by atoms with Gasteiger partial charge >= 0.3 is 6.09 Å². The van der Waals surface area contributed by atoms with Gasteiger partial charge in [0.05, 0.1) is 22.3 Å². The minimum atomic E-state index is -0.573. The van der Waals surface area contributed by atoms with Crippen LogP contribution < -0.4 is 0 Å². The van der Waals surface area contributed by atoms with Crippen LogP contribution in [0.5, 0.6) is 0 Å².